The van der Waals surface area contributed by atoms with Crippen molar-refractivity contribution >= 4 is 87.1 Å². The Morgan fingerprint density at radius 1 is 1.27 bits per heavy atom. The summed E-state index contributed by atoms with van der Waals surface area (Å²) in [5, 5.41) is 42.4. The highest BCUT2D eigenvalue weighted by atomic mass is 32.2. The number of oxime groups is 1. The van der Waals surface area contributed by atoms with Crippen LogP contribution in [0.5, 0.6) is 0 Å². The van der Waals surface area contributed by atoms with Crippen LogP contribution in [0.25, 0.3) is 10.9 Å². The Bertz CT molecular complexity index is 2290. The molecule has 4 aromatic rings. The summed E-state index contributed by atoms with van der Waals surface area (Å²) in [5.41, 5.74) is 5.14. The number of hydrogen-bond acceptors (Lipinski definition) is 15. The lowest BCUT2D eigenvalue weighted by Crippen LogP contribution is -2.63. The second-order valence-electron chi connectivity index (χ2n) is 13.0. The monoisotopic (exact) mass is 808 g/mol. The number of pyridine rings is 1. The highest BCUT2D eigenvalue weighted by Gasteiger charge is 2.53. The van der Waals surface area contributed by atoms with Crippen LogP contribution >= 0.6 is 23.1 Å². The zero-order valence-electron chi connectivity index (χ0n) is 30.3. The van der Waals surface area contributed by atoms with Crippen LogP contribution in [0.15, 0.2) is 68.2 Å². The summed E-state index contributed by atoms with van der Waals surface area (Å²) in [4.78, 5) is 79.8. The Labute approximate surface area is 326 Å². The van der Waals surface area contributed by atoms with E-state index in [0.717, 1.165) is 27.1 Å². The van der Waals surface area contributed by atoms with E-state index < -0.39 is 40.5 Å². The smallest absolute Gasteiger partial charge is 0.350 e. The number of nitrogens with two attached hydrogens (primary N) is 1. The number of β-lactam (4-membered cyclic amide) rings is 1. The van der Waals surface area contributed by atoms with Crippen LogP contribution < -0.4 is 15.4 Å². The summed E-state index contributed by atoms with van der Waals surface area (Å²) in [6.45, 7) is 2.73. The minimum absolute atomic E-state index is 0.0287. The van der Waals surface area contributed by atoms with Gasteiger partial charge in [-0.3, -0.25) is 24.7 Å². The number of nitrogens with zero attached hydrogens (tertiary/aromatic N) is 8. The summed E-state index contributed by atoms with van der Waals surface area (Å²) in [5.74, 6) is -4.29. The molecule has 0 saturated carbocycles. The molecule has 22 heteroatoms. The van der Waals surface area contributed by atoms with Crippen molar-refractivity contribution in [2.45, 2.75) is 44.3 Å². The first kappa shape index (κ1) is 40.8. The molecule has 2 aliphatic rings. The first-order valence-corrected chi connectivity index (χ1v) is 18.4. The standard InChI is InChI=1S/C33H34N10O8S2.CH2O2/c1-33(2,31(48)49)51-39-25(21-15-53-32(35)38-21)23(44)9-19-28(45)43-26(30(46)47)18(14-52-29(19)43)11-41-7-6-22-17(10-41)5-8-42(22)12-24-37-20(13-50-24)27(34)36-16-40(3)4;2-1-3/h5-8,10,13,15-16,19,29,34H,9,11-12,14H2,1-4H3,(H3-,35,38,46,47,48,49);1H,(H,2,3)/b34-27?,36-16?,39-25-;/t19-,29-;/m1./s1. The maximum absolute atomic E-state index is 13.5. The van der Waals surface area contributed by atoms with Crippen molar-refractivity contribution < 1.29 is 53.1 Å². The molecule has 0 unspecified atom stereocenters. The fourth-order valence-corrected chi connectivity index (χ4v) is 7.54. The molecule has 56 heavy (non-hydrogen) atoms. The number of hydrogen-bond donors (Lipinski definition) is 4. The summed E-state index contributed by atoms with van der Waals surface area (Å²) >= 11 is 2.37. The van der Waals surface area contributed by atoms with E-state index in [-0.39, 0.29) is 53.3 Å². The zero-order valence-corrected chi connectivity index (χ0v) is 31.9. The van der Waals surface area contributed by atoms with E-state index in [0.29, 0.717) is 23.7 Å². The van der Waals surface area contributed by atoms with Gasteiger partial charge in [0.25, 0.3) is 6.47 Å². The predicted molar refractivity (Wildman–Crippen MR) is 200 cm³/mol. The number of anilines is 1. The topological polar surface area (TPSA) is 287 Å². The summed E-state index contributed by atoms with van der Waals surface area (Å²) in [6.07, 6.45) is 8.05. The SMILES string of the molecule is CN(C)C=NC(=N)c1coc(Cn2ccc3c[n+](CC4=C(C(=O)[O-])N5C(=O)[C@@H](CC(=O)/C(=N\OC(C)(C)C(=O)O)c6csc(N)n6)[C@H]5SC4)ccc32)n1.O=CO. The van der Waals surface area contributed by atoms with Gasteiger partial charge in [-0.1, -0.05) is 5.16 Å². The molecule has 0 bridgehead atoms. The molecule has 6 heterocycles. The summed E-state index contributed by atoms with van der Waals surface area (Å²) in [7, 11) is 3.59. The van der Waals surface area contributed by atoms with Crippen LogP contribution in [-0.4, -0.2) is 113 Å². The maximum atomic E-state index is 13.5. The number of aliphatic carboxylic acids is 2. The minimum atomic E-state index is -1.76. The van der Waals surface area contributed by atoms with Gasteiger partial charge in [0, 0.05) is 49.5 Å². The van der Waals surface area contributed by atoms with Crippen LogP contribution in [0.4, 0.5) is 5.13 Å². The number of carboxylic acid groups (broad SMARTS) is 3. The lowest BCUT2D eigenvalue weighted by atomic mass is 9.89. The second-order valence-corrected chi connectivity index (χ2v) is 15.0. The van der Waals surface area contributed by atoms with Crippen LogP contribution in [0.2, 0.25) is 0 Å². The number of nitrogen functional groups attached to an aromatic ring is 1. The lowest BCUT2D eigenvalue weighted by molar-refractivity contribution is -0.687. The summed E-state index contributed by atoms with van der Waals surface area (Å²) < 4.78 is 9.31. The van der Waals surface area contributed by atoms with Gasteiger partial charge in [0.2, 0.25) is 17.4 Å². The molecule has 20 nitrogen and oxygen atoms in total. The third-order valence-electron chi connectivity index (χ3n) is 8.32. The number of amidine groups is 1. The lowest BCUT2D eigenvalue weighted by Gasteiger charge is -2.50. The maximum Gasteiger partial charge on any atom is 0.350 e. The van der Waals surface area contributed by atoms with Crippen LogP contribution in [0.3, 0.4) is 0 Å². The van der Waals surface area contributed by atoms with Crippen molar-refractivity contribution in [3.05, 3.63) is 70.9 Å². The highest BCUT2D eigenvalue weighted by Crippen LogP contribution is 2.45. The molecule has 0 spiro atoms. The number of thioether (sulfide) groups is 1. The van der Waals surface area contributed by atoms with Crippen LogP contribution in [0, 0.1) is 11.3 Å². The number of carbonyl (C=O) groups is 5. The van der Waals surface area contributed by atoms with Gasteiger partial charge in [-0.15, -0.1) is 23.1 Å². The quantitative estimate of drug-likeness (QED) is 0.0335. The first-order valence-electron chi connectivity index (χ1n) is 16.5. The number of thiazole rings is 1. The van der Waals surface area contributed by atoms with Gasteiger partial charge in [0.15, 0.2) is 41.4 Å². The Hall–Kier alpha value is -6.42. The predicted octanol–water partition coefficient (Wildman–Crippen LogP) is 0.398. The molecule has 5 N–H and O–H groups in total. The summed E-state index contributed by atoms with van der Waals surface area (Å²) in [6, 6.07) is 3.76. The number of amides is 1. The van der Waals surface area contributed by atoms with E-state index in [2.05, 4.69) is 20.1 Å². The third-order valence-corrected chi connectivity index (χ3v) is 10.4. The number of carboxylic acids is 2. The molecule has 0 aromatic carbocycles. The van der Waals surface area contributed by atoms with E-state index in [4.69, 9.17) is 30.3 Å². The van der Waals surface area contributed by atoms with E-state index in [1.165, 1.54) is 43.6 Å². The second kappa shape index (κ2) is 16.9. The fraction of sp³-hybridized carbons (Fsp3) is 0.324. The number of Topliss-reactive ketones (excluding diaryl/α,β-unsaturated/α-hetero) is 1. The highest BCUT2D eigenvalue weighted by molar-refractivity contribution is 8.00. The molecule has 294 valence electrons. The van der Waals surface area contributed by atoms with Gasteiger partial charge in [0.1, 0.15) is 17.7 Å². The van der Waals surface area contributed by atoms with Gasteiger partial charge < -0.3 is 44.6 Å². The average Bonchev–Trinajstić information content (AvgIpc) is 3.90. The molecule has 0 radical (unpaired) electrons. The number of ketones is 1. The van der Waals surface area contributed by atoms with Crippen molar-refractivity contribution in [1.82, 2.24) is 24.3 Å². The molecular weight excluding hydrogens is 773 g/mol. The largest absolute Gasteiger partial charge is 0.543 e. The van der Waals surface area contributed by atoms with E-state index in [1.54, 1.807) is 25.2 Å². The number of fused-ring (bicyclic) bond motifs is 2. The molecule has 2 atom stereocenters. The number of aromatic nitrogens is 4. The zero-order chi connectivity index (χ0) is 40.9. The van der Waals surface area contributed by atoms with Crippen molar-refractivity contribution in [3.8, 4) is 0 Å². The molecular formula is C34H36N10O10S2. The van der Waals surface area contributed by atoms with Crippen molar-refractivity contribution in [1.29, 1.82) is 5.41 Å². The van der Waals surface area contributed by atoms with Gasteiger partial charge >= 0.3 is 5.97 Å². The van der Waals surface area contributed by atoms with Gasteiger partial charge in [-0.05, 0) is 19.9 Å². The Balaban J connectivity index is 0.00000194. The number of oxazole rings is 1. The first-order chi connectivity index (χ1) is 26.5. The molecule has 1 fully saturated rings. The Morgan fingerprint density at radius 3 is 2.64 bits per heavy atom. The third kappa shape index (κ3) is 8.92. The minimum Gasteiger partial charge on any atom is -0.543 e. The van der Waals surface area contributed by atoms with Crippen LogP contribution in [0.1, 0.15) is 37.5 Å². The van der Waals surface area contributed by atoms with E-state index >= 15 is 0 Å². The van der Waals surface area contributed by atoms with E-state index in [1.807, 2.05) is 33.7 Å². The van der Waals surface area contributed by atoms with Gasteiger partial charge in [-0.2, -0.15) is 0 Å². The molecule has 1 amide bonds. The molecule has 0 aliphatic carbocycles. The molecule has 2 aliphatic heterocycles. The average molecular weight is 809 g/mol. The fourth-order valence-electron chi connectivity index (χ4n) is 5.58. The van der Waals surface area contributed by atoms with Gasteiger partial charge in [-0.25, -0.2) is 24.3 Å². The van der Waals surface area contributed by atoms with Crippen molar-refractivity contribution in [2.75, 3.05) is 25.6 Å². The van der Waals surface area contributed by atoms with Crippen molar-refractivity contribution in [3.63, 3.8) is 0 Å². The number of carbonyl (C=O) groups excluding carboxylic acids is 3. The normalized spacial score (nSPS) is 16.9. The number of nitrogens with one attached hydrogen (secondary N) is 1. The van der Waals surface area contributed by atoms with Crippen LogP contribution in [-0.2, 0) is 41.9 Å². The van der Waals surface area contributed by atoms with Gasteiger partial charge in [0.05, 0.1) is 46.7 Å². The van der Waals surface area contributed by atoms with E-state index in [9.17, 15) is 29.4 Å². The number of aliphatic imine (C=N–C) groups is 1. The molecule has 6 rings (SSSR count). The Kier molecular flexibility index (Phi) is 12.3. The Morgan fingerprint density at radius 2 is 2.00 bits per heavy atom. The molecule has 4 aromatic heterocycles. The molecule has 1 saturated heterocycles. The van der Waals surface area contributed by atoms with Crippen molar-refractivity contribution in [2.24, 2.45) is 16.1 Å². The number of rotatable bonds is 14.